The normalized spacial score (nSPS) is 12.0. The number of fused-ring (bicyclic) bond motifs is 1. The van der Waals surface area contributed by atoms with Crippen molar-refractivity contribution in [2.75, 3.05) is 13.7 Å². The Hall–Kier alpha value is -2.40. The van der Waals surface area contributed by atoms with Crippen LogP contribution in [-0.2, 0) is 20.7 Å². The molecule has 0 radical (unpaired) electrons. The van der Waals surface area contributed by atoms with Crippen molar-refractivity contribution in [1.82, 2.24) is 5.32 Å². The van der Waals surface area contributed by atoms with Gasteiger partial charge in [0.05, 0.1) is 13.0 Å². The highest BCUT2D eigenvalue weighted by Crippen LogP contribution is 2.18. The Kier molecular flexibility index (Phi) is 4.90. The summed E-state index contributed by atoms with van der Waals surface area (Å²) in [6.45, 7) is -0.0462. The van der Waals surface area contributed by atoms with Gasteiger partial charge in [-0.15, -0.1) is 0 Å². The van der Waals surface area contributed by atoms with Gasteiger partial charge in [-0.1, -0.05) is 42.5 Å². The van der Waals surface area contributed by atoms with Crippen molar-refractivity contribution in [3.8, 4) is 0 Å². The SMILES string of the molecule is COC(CNC(=O)Cc1cccc2ccccc12)C(=O)O. The first kappa shape index (κ1) is 15.0. The van der Waals surface area contributed by atoms with Crippen LogP contribution in [0.4, 0.5) is 0 Å². The summed E-state index contributed by atoms with van der Waals surface area (Å²) in [4.78, 5) is 22.7. The number of ether oxygens (including phenoxy) is 1. The Morgan fingerprint density at radius 1 is 1.19 bits per heavy atom. The smallest absolute Gasteiger partial charge is 0.334 e. The lowest BCUT2D eigenvalue weighted by atomic mass is 10.0. The second kappa shape index (κ2) is 6.85. The van der Waals surface area contributed by atoms with E-state index in [1.807, 2.05) is 42.5 Å². The number of benzene rings is 2. The van der Waals surface area contributed by atoms with Crippen LogP contribution in [0, 0.1) is 0 Å². The Bertz CT molecular complexity index is 648. The maximum atomic E-state index is 11.9. The maximum absolute atomic E-state index is 11.9. The van der Waals surface area contributed by atoms with E-state index in [1.165, 1.54) is 7.11 Å². The van der Waals surface area contributed by atoms with Crippen LogP contribution in [-0.4, -0.2) is 36.7 Å². The average molecular weight is 287 g/mol. The van der Waals surface area contributed by atoms with Crippen molar-refractivity contribution >= 4 is 22.6 Å². The van der Waals surface area contributed by atoms with Crippen LogP contribution in [0.5, 0.6) is 0 Å². The molecule has 5 heteroatoms. The molecule has 0 aliphatic carbocycles. The van der Waals surface area contributed by atoms with Gasteiger partial charge in [0.25, 0.3) is 0 Å². The molecule has 2 N–H and O–H groups in total. The molecule has 2 rings (SSSR count). The van der Waals surface area contributed by atoms with Crippen LogP contribution in [0.1, 0.15) is 5.56 Å². The van der Waals surface area contributed by atoms with Gasteiger partial charge in [-0.2, -0.15) is 0 Å². The molecule has 1 amide bonds. The quantitative estimate of drug-likeness (QED) is 0.846. The van der Waals surface area contributed by atoms with Gasteiger partial charge in [0.1, 0.15) is 0 Å². The molecule has 0 aromatic heterocycles. The highest BCUT2D eigenvalue weighted by atomic mass is 16.5. The van der Waals surface area contributed by atoms with Crippen LogP contribution in [0.2, 0.25) is 0 Å². The lowest BCUT2D eigenvalue weighted by molar-refractivity contribution is -0.148. The van der Waals surface area contributed by atoms with E-state index in [0.717, 1.165) is 16.3 Å². The van der Waals surface area contributed by atoms with Crippen LogP contribution >= 0.6 is 0 Å². The van der Waals surface area contributed by atoms with E-state index in [1.54, 1.807) is 0 Å². The average Bonchev–Trinajstić information content (AvgIpc) is 2.48. The summed E-state index contributed by atoms with van der Waals surface area (Å²) in [5, 5.41) is 13.5. The molecule has 1 unspecified atom stereocenters. The molecule has 0 spiro atoms. The summed E-state index contributed by atoms with van der Waals surface area (Å²) >= 11 is 0. The lowest BCUT2D eigenvalue weighted by Gasteiger charge is -2.12. The lowest BCUT2D eigenvalue weighted by Crippen LogP contribution is -2.38. The van der Waals surface area contributed by atoms with Gasteiger partial charge in [0, 0.05) is 7.11 Å². The molecule has 0 fully saturated rings. The number of nitrogens with one attached hydrogen (secondary N) is 1. The van der Waals surface area contributed by atoms with Crippen LogP contribution in [0.3, 0.4) is 0 Å². The number of carbonyl (C=O) groups excluding carboxylic acids is 1. The number of amides is 1. The van der Waals surface area contributed by atoms with Crippen molar-refractivity contribution in [3.63, 3.8) is 0 Å². The number of carboxylic acids is 1. The van der Waals surface area contributed by atoms with E-state index in [0.29, 0.717) is 0 Å². The minimum absolute atomic E-state index is 0.0462. The number of hydrogen-bond acceptors (Lipinski definition) is 3. The van der Waals surface area contributed by atoms with E-state index in [9.17, 15) is 9.59 Å². The van der Waals surface area contributed by atoms with E-state index >= 15 is 0 Å². The van der Waals surface area contributed by atoms with Crippen molar-refractivity contribution in [2.24, 2.45) is 0 Å². The molecule has 0 aliphatic rings. The zero-order valence-corrected chi connectivity index (χ0v) is 11.7. The number of rotatable bonds is 6. The highest BCUT2D eigenvalue weighted by molar-refractivity contribution is 5.90. The van der Waals surface area contributed by atoms with Gasteiger partial charge in [-0.05, 0) is 16.3 Å². The molecule has 0 bridgehead atoms. The number of carboxylic acid groups (broad SMARTS) is 1. The Balaban J connectivity index is 2.03. The monoisotopic (exact) mass is 287 g/mol. The van der Waals surface area contributed by atoms with Gasteiger partial charge in [-0.25, -0.2) is 4.79 Å². The number of hydrogen-bond donors (Lipinski definition) is 2. The topological polar surface area (TPSA) is 75.6 Å². The standard InChI is InChI=1S/C16H17NO4/c1-21-14(16(19)20)10-17-15(18)9-12-7-4-6-11-5-2-3-8-13(11)12/h2-8,14H,9-10H2,1H3,(H,17,18)(H,19,20). The second-order valence-corrected chi connectivity index (χ2v) is 4.68. The molecular weight excluding hydrogens is 270 g/mol. The van der Waals surface area contributed by atoms with E-state index in [4.69, 9.17) is 9.84 Å². The molecule has 1 atom stereocenters. The van der Waals surface area contributed by atoms with Crippen molar-refractivity contribution < 1.29 is 19.4 Å². The first-order valence-electron chi connectivity index (χ1n) is 6.60. The molecule has 0 heterocycles. The summed E-state index contributed by atoms with van der Waals surface area (Å²) in [5.74, 6) is -1.32. The Morgan fingerprint density at radius 2 is 1.90 bits per heavy atom. The second-order valence-electron chi connectivity index (χ2n) is 4.68. The third kappa shape index (κ3) is 3.79. The van der Waals surface area contributed by atoms with Gasteiger partial charge < -0.3 is 15.2 Å². The van der Waals surface area contributed by atoms with Crippen LogP contribution in [0.15, 0.2) is 42.5 Å². The highest BCUT2D eigenvalue weighted by Gasteiger charge is 2.17. The number of carbonyl (C=O) groups is 2. The summed E-state index contributed by atoms with van der Waals surface area (Å²) in [7, 11) is 1.30. The van der Waals surface area contributed by atoms with Gasteiger partial charge in [0.2, 0.25) is 5.91 Å². The third-order valence-electron chi connectivity index (χ3n) is 3.28. The molecule has 2 aromatic carbocycles. The first-order chi connectivity index (χ1) is 10.1. The van der Waals surface area contributed by atoms with Crippen molar-refractivity contribution in [3.05, 3.63) is 48.0 Å². The molecule has 0 saturated carbocycles. The van der Waals surface area contributed by atoms with Crippen molar-refractivity contribution in [1.29, 1.82) is 0 Å². The number of methoxy groups -OCH3 is 1. The summed E-state index contributed by atoms with van der Waals surface area (Å²) < 4.78 is 4.77. The number of aliphatic carboxylic acids is 1. The third-order valence-corrected chi connectivity index (χ3v) is 3.28. The molecule has 21 heavy (non-hydrogen) atoms. The van der Waals surface area contributed by atoms with Crippen LogP contribution < -0.4 is 5.32 Å². The van der Waals surface area contributed by atoms with Crippen LogP contribution in [0.25, 0.3) is 10.8 Å². The molecule has 0 aliphatic heterocycles. The zero-order chi connectivity index (χ0) is 15.2. The van der Waals surface area contributed by atoms with E-state index in [2.05, 4.69) is 5.32 Å². The predicted octanol–water partition coefficient (Wildman–Crippen LogP) is 1.60. The minimum Gasteiger partial charge on any atom is -0.479 e. The summed E-state index contributed by atoms with van der Waals surface area (Å²) in [6.07, 6.45) is -0.821. The first-order valence-corrected chi connectivity index (χ1v) is 6.60. The summed E-state index contributed by atoms with van der Waals surface area (Å²) in [5.41, 5.74) is 0.912. The molecule has 2 aromatic rings. The Labute approximate surface area is 122 Å². The van der Waals surface area contributed by atoms with E-state index in [-0.39, 0.29) is 18.9 Å². The predicted molar refractivity (Wildman–Crippen MR) is 79.1 cm³/mol. The molecule has 0 saturated heterocycles. The molecule has 110 valence electrons. The minimum atomic E-state index is -1.09. The van der Waals surface area contributed by atoms with Crippen molar-refractivity contribution in [2.45, 2.75) is 12.5 Å². The van der Waals surface area contributed by atoms with Gasteiger partial charge >= 0.3 is 5.97 Å². The Morgan fingerprint density at radius 3 is 2.62 bits per heavy atom. The van der Waals surface area contributed by atoms with Gasteiger partial charge in [-0.3, -0.25) is 4.79 Å². The van der Waals surface area contributed by atoms with E-state index < -0.39 is 12.1 Å². The fraction of sp³-hybridized carbons (Fsp3) is 0.250. The maximum Gasteiger partial charge on any atom is 0.334 e. The fourth-order valence-electron chi connectivity index (χ4n) is 2.16. The largest absolute Gasteiger partial charge is 0.479 e. The molecule has 5 nitrogen and oxygen atoms in total. The van der Waals surface area contributed by atoms with Gasteiger partial charge in [0.15, 0.2) is 6.10 Å². The summed E-state index contributed by atoms with van der Waals surface area (Å²) in [6, 6.07) is 13.6. The zero-order valence-electron chi connectivity index (χ0n) is 11.7. The fourth-order valence-corrected chi connectivity index (χ4v) is 2.16. The molecular formula is C16H17NO4.